The molecule has 10 heteroatoms. The lowest BCUT2D eigenvalue weighted by molar-refractivity contribution is -0.384. The van der Waals surface area contributed by atoms with Gasteiger partial charge in [-0.3, -0.25) is 10.1 Å². The smallest absolute Gasteiger partial charge is 0.258 e. The minimum Gasteiger partial charge on any atom is -0.258 e. The molecule has 1 atom stereocenters. The first-order valence-corrected chi connectivity index (χ1v) is 7.97. The van der Waals surface area contributed by atoms with Crippen LogP contribution in [0.4, 0.5) is 18.9 Å². The van der Waals surface area contributed by atoms with Gasteiger partial charge in [-0.15, -0.1) is 0 Å². The van der Waals surface area contributed by atoms with Crippen molar-refractivity contribution in [1.82, 2.24) is 0 Å². The van der Waals surface area contributed by atoms with E-state index in [1.165, 1.54) is 13.0 Å². The maximum atomic E-state index is 13.1. The molecular formula is C16H8Cl3F3N2O2. The third-order valence-corrected chi connectivity index (χ3v) is 4.74. The molecule has 0 fully saturated rings. The van der Waals surface area contributed by atoms with Crippen molar-refractivity contribution in [2.24, 2.45) is 0 Å². The van der Waals surface area contributed by atoms with E-state index < -0.39 is 32.8 Å². The van der Waals surface area contributed by atoms with Gasteiger partial charge in [0.05, 0.1) is 31.6 Å². The van der Waals surface area contributed by atoms with Crippen LogP contribution in [0.1, 0.15) is 23.6 Å². The summed E-state index contributed by atoms with van der Waals surface area (Å²) in [5.41, 5.74) is -3.32. The van der Waals surface area contributed by atoms with Crippen molar-refractivity contribution in [3.63, 3.8) is 0 Å². The van der Waals surface area contributed by atoms with Crippen LogP contribution in [0.5, 0.6) is 0 Å². The zero-order valence-corrected chi connectivity index (χ0v) is 15.1. The van der Waals surface area contributed by atoms with Gasteiger partial charge in [0, 0.05) is 17.7 Å². The minimum atomic E-state index is -4.73. The Labute approximate surface area is 160 Å². The SMILES string of the molecule is CC(C#N)(c1ccc(Cl)c(C(F)(F)F)c1)c1c(Cl)cc([N+](=O)[O-])cc1Cl. The molecule has 136 valence electrons. The molecule has 0 aliphatic carbocycles. The van der Waals surface area contributed by atoms with Crippen molar-refractivity contribution >= 4 is 40.5 Å². The molecule has 2 rings (SSSR count). The van der Waals surface area contributed by atoms with Gasteiger partial charge in [-0.25, -0.2) is 0 Å². The fourth-order valence-electron chi connectivity index (χ4n) is 2.46. The van der Waals surface area contributed by atoms with E-state index in [9.17, 15) is 28.5 Å². The van der Waals surface area contributed by atoms with Gasteiger partial charge in [0.25, 0.3) is 5.69 Å². The molecule has 0 spiro atoms. The minimum absolute atomic E-state index is 0.0376. The van der Waals surface area contributed by atoms with E-state index >= 15 is 0 Å². The first kappa shape index (κ1) is 20.3. The van der Waals surface area contributed by atoms with Crippen LogP contribution in [0.2, 0.25) is 15.1 Å². The number of nitriles is 1. The lowest BCUT2D eigenvalue weighted by Gasteiger charge is -2.26. The van der Waals surface area contributed by atoms with Gasteiger partial charge in [-0.05, 0) is 24.6 Å². The van der Waals surface area contributed by atoms with Crippen molar-refractivity contribution in [1.29, 1.82) is 5.26 Å². The molecule has 26 heavy (non-hydrogen) atoms. The topological polar surface area (TPSA) is 66.9 Å². The van der Waals surface area contributed by atoms with Crippen LogP contribution in [0.3, 0.4) is 0 Å². The second-order valence-corrected chi connectivity index (χ2v) is 6.69. The van der Waals surface area contributed by atoms with Crippen LogP contribution in [0.25, 0.3) is 0 Å². The highest BCUT2D eigenvalue weighted by molar-refractivity contribution is 6.36. The zero-order valence-electron chi connectivity index (χ0n) is 12.9. The maximum Gasteiger partial charge on any atom is 0.417 e. The lowest BCUT2D eigenvalue weighted by atomic mass is 9.77. The fraction of sp³-hybridized carbons (Fsp3) is 0.188. The summed E-state index contributed by atoms with van der Waals surface area (Å²) in [6.45, 7) is 1.31. The lowest BCUT2D eigenvalue weighted by Crippen LogP contribution is -2.23. The van der Waals surface area contributed by atoms with Crippen molar-refractivity contribution in [3.05, 3.63) is 72.2 Å². The molecule has 0 bridgehead atoms. The van der Waals surface area contributed by atoms with Crippen molar-refractivity contribution in [2.45, 2.75) is 18.5 Å². The van der Waals surface area contributed by atoms with E-state index in [4.69, 9.17) is 34.8 Å². The van der Waals surface area contributed by atoms with Crippen LogP contribution in [0.15, 0.2) is 30.3 Å². The van der Waals surface area contributed by atoms with Crippen LogP contribution in [0, 0.1) is 21.4 Å². The average molecular weight is 424 g/mol. The number of rotatable bonds is 3. The number of hydrogen-bond donors (Lipinski definition) is 0. The van der Waals surface area contributed by atoms with E-state index in [0.29, 0.717) is 0 Å². The van der Waals surface area contributed by atoms with Crippen LogP contribution < -0.4 is 0 Å². The first-order chi connectivity index (χ1) is 11.9. The average Bonchev–Trinajstić information content (AvgIpc) is 2.52. The van der Waals surface area contributed by atoms with Gasteiger partial charge in [-0.1, -0.05) is 40.9 Å². The maximum absolute atomic E-state index is 13.1. The zero-order chi connectivity index (χ0) is 19.9. The fourth-order valence-corrected chi connectivity index (χ4v) is 3.54. The quantitative estimate of drug-likeness (QED) is 0.423. The predicted octanol–water partition coefficient (Wildman–Crippen LogP) is 6.40. The Morgan fingerprint density at radius 3 is 2.04 bits per heavy atom. The summed E-state index contributed by atoms with van der Waals surface area (Å²) in [6.07, 6.45) is -4.73. The first-order valence-electron chi connectivity index (χ1n) is 6.84. The summed E-state index contributed by atoms with van der Waals surface area (Å²) in [6, 6.07) is 6.86. The standard InChI is InChI=1S/C16H8Cl3F3N2O2/c1-15(7-23,8-2-3-11(17)10(4-8)16(20,21)22)14-12(18)5-9(24(25)26)6-13(14)19/h2-6H,1H3. The summed E-state index contributed by atoms with van der Waals surface area (Å²) in [4.78, 5) is 10.2. The molecule has 0 radical (unpaired) electrons. The summed E-state index contributed by atoms with van der Waals surface area (Å²) in [5.74, 6) is 0. The number of hydrogen-bond acceptors (Lipinski definition) is 3. The third-order valence-electron chi connectivity index (χ3n) is 3.81. The molecule has 0 aliphatic heterocycles. The molecule has 2 aromatic carbocycles. The number of benzene rings is 2. The van der Waals surface area contributed by atoms with Crippen molar-refractivity contribution in [3.8, 4) is 6.07 Å². The van der Waals surface area contributed by atoms with Crippen LogP contribution in [-0.2, 0) is 11.6 Å². The molecule has 0 amide bonds. The highest BCUT2D eigenvalue weighted by Gasteiger charge is 2.39. The Kier molecular flexibility index (Phi) is 5.43. The van der Waals surface area contributed by atoms with Crippen LogP contribution >= 0.6 is 34.8 Å². The molecule has 0 aliphatic rings. The Bertz CT molecular complexity index is 918. The number of nitrogens with zero attached hydrogens (tertiary/aromatic N) is 2. The number of nitro groups is 1. The highest BCUT2D eigenvalue weighted by Crippen LogP contribution is 2.44. The van der Waals surface area contributed by atoms with E-state index in [2.05, 4.69) is 0 Å². The number of non-ortho nitro benzene ring substituents is 1. The Morgan fingerprint density at radius 2 is 1.62 bits per heavy atom. The highest BCUT2D eigenvalue weighted by atomic mass is 35.5. The van der Waals surface area contributed by atoms with Crippen LogP contribution in [-0.4, -0.2) is 4.92 Å². The van der Waals surface area contributed by atoms with Gasteiger partial charge in [0.15, 0.2) is 0 Å². The number of alkyl halides is 3. The molecule has 2 aromatic rings. The van der Waals surface area contributed by atoms with Gasteiger partial charge in [0.2, 0.25) is 0 Å². The summed E-state index contributed by atoms with van der Waals surface area (Å²) >= 11 is 17.7. The second-order valence-electron chi connectivity index (χ2n) is 5.47. The molecule has 0 N–H and O–H groups in total. The molecule has 0 aromatic heterocycles. The largest absolute Gasteiger partial charge is 0.417 e. The number of halogens is 6. The molecular weight excluding hydrogens is 416 g/mol. The predicted molar refractivity (Wildman–Crippen MR) is 91.6 cm³/mol. The summed E-state index contributed by atoms with van der Waals surface area (Å²) in [7, 11) is 0. The Morgan fingerprint density at radius 1 is 1.08 bits per heavy atom. The second kappa shape index (κ2) is 6.95. The van der Waals surface area contributed by atoms with E-state index in [-0.39, 0.29) is 21.2 Å². The van der Waals surface area contributed by atoms with Crippen molar-refractivity contribution < 1.29 is 18.1 Å². The van der Waals surface area contributed by atoms with E-state index in [1.54, 1.807) is 0 Å². The van der Waals surface area contributed by atoms with Gasteiger partial charge < -0.3 is 0 Å². The summed E-state index contributed by atoms with van der Waals surface area (Å²) < 4.78 is 39.4. The van der Waals surface area contributed by atoms with Gasteiger partial charge in [-0.2, -0.15) is 18.4 Å². The van der Waals surface area contributed by atoms with Gasteiger partial charge >= 0.3 is 6.18 Å². The molecule has 0 heterocycles. The number of nitro benzene ring substituents is 1. The monoisotopic (exact) mass is 422 g/mol. The Balaban J connectivity index is 2.75. The van der Waals surface area contributed by atoms with Gasteiger partial charge in [0.1, 0.15) is 5.41 Å². The normalized spacial score (nSPS) is 13.8. The molecule has 0 saturated heterocycles. The van der Waals surface area contributed by atoms with E-state index in [1.807, 2.05) is 6.07 Å². The van der Waals surface area contributed by atoms with Crippen molar-refractivity contribution in [2.75, 3.05) is 0 Å². The Hall–Kier alpha value is -2.01. The third kappa shape index (κ3) is 3.58. The molecule has 4 nitrogen and oxygen atoms in total. The van der Waals surface area contributed by atoms with E-state index in [0.717, 1.165) is 24.3 Å². The molecule has 1 unspecified atom stereocenters. The summed E-state index contributed by atoms with van der Waals surface area (Å²) in [5, 5.41) is 19.6. The molecule has 0 saturated carbocycles.